The van der Waals surface area contributed by atoms with Crippen LogP contribution in [-0.4, -0.2) is 35.1 Å². The Hall–Kier alpha value is -3.06. The maximum atomic E-state index is 12.6. The maximum absolute atomic E-state index is 12.6. The summed E-state index contributed by atoms with van der Waals surface area (Å²) < 4.78 is 12.0. The van der Waals surface area contributed by atoms with Gasteiger partial charge < -0.3 is 14.8 Å². The number of aromatic nitrogens is 3. The molecule has 1 N–H and O–H groups in total. The lowest BCUT2D eigenvalue weighted by Gasteiger charge is -2.12. The molecule has 0 saturated heterocycles. The predicted molar refractivity (Wildman–Crippen MR) is 103 cm³/mol. The Morgan fingerprint density at radius 1 is 1.15 bits per heavy atom. The fourth-order valence-electron chi connectivity index (χ4n) is 2.52. The van der Waals surface area contributed by atoms with Gasteiger partial charge in [0.15, 0.2) is 5.69 Å². The van der Waals surface area contributed by atoms with E-state index in [0.29, 0.717) is 22.2 Å². The van der Waals surface area contributed by atoms with E-state index in [1.54, 1.807) is 23.0 Å². The molecule has 0 saturated carbocycles. The van der Waals surface area contributed by atoms with Crippen LogP contribution in [0.15, 0.2) is 42.6 Å². The van der Waals surface area contributed by atoms with Crippen molar-refractivity contribution in [2.45, 2.75) is 13.3 Å². The molecule has 0 spiro atoms. The van der Waals surface area contributed by atoms with Gasteiger partial charge in [-0.25, -0.2) is 4.68 Å². The second kappa shape index (κ2) is 8.09. The van der Waals surface area contributed by atoms with Crippen LogP contribution in [0.2, 0.25) is 5.02 Å². The van der Waals surface area contributed by atoms with Crippen molar-refractivity contribution in [3.63, 3.8) is 0 Å². The second-order valence-electron chi connectivity index (χ2n) is 5.71. The first-order chi connectivity index (χ1) is 13.0. The summed E-state index contributed by atoms with van der Waals surface area (Å²) in [6, 6.07) is 11.1. The Balaban J connectivity index is 1.82. The van der Waals surface area contributed by atoms with E-state index in [1.165, 1.54) is 19.8 Å². The zero-order chi connectivity index (χ0) is 19.4. The highest BCUT2D eigenvalue weighted by atomic mass is 35.5. The maximum Gasteiger partial charge on any atom is 0.277 e. The van der Waals surface area contributed by atoms with Gasteiger partial charge in [-0.05, 0) is 24.1 Å². The third kappa shape index (κ3) is 4.03. The number of anilines is 1. The zero-order valence-electron chi connectivity index (χ0n) is 15.2. The van der Waals surface area contributed by atoms with E-state index >= 15 is 0 Å². The van der Waals surface area contributed by atoms with Crippen molar-refractivity contribution >= 4 is 23.2 Å². The van der Waals surface area contributed by atoms with E-state index in [-0.39, 0.29) is 5.69 Å². The second-order valence-corrected chi connectivity index (χ2v) is 6.12. The Morgan fingerprint density at radius 2 is 1.85 bits per heavy atom. The van der Waals surface area contributed by atoms with Crippen molar-refractivity contribution in [2.24, 2.45) is 0 Å². The summed E-state index contributed by atoms with van der Waals surface area (Å²) in [7, 11) is 2.98. The van der Waals surface area contributed by atoms with Gasteiger partial charge in [0.25, 0.3) is 5.91 Å². The summed E-state index contributed by atoms with van der Waals surface area (Å²) in [5.74, 6) is 0.415. The number of rotatable bonds is 6. The molecule has 0 radical (unpaired) electrons. The molecule has 27 heavy (non-hydrogen) atoms. The number of hydrogen-bond donors (Lipinski definition) is 1. The van der Waals surface area contributed by atoms with Crippen molar-refractivity contribution < 1.29 is 14.3 Å². The molecule has 1 heterocycles. The van der Waals surface area contributed by atoms with Crippen LogP contribution in [0.3, 0.4) is 0 Å². The molecular weight excluding hydrogens is 368 g/mol. The standard InChI is InChI=1S/C19H19ClN4O3/c1-4-12-5-7-13(8-6-12)24-11-16(22-23-24)19(25)21-15-10-17(26-2)14(20)9-18(15)27-3/h5-11H,4H2,1-3H3,(H,21,25). The molecule has 0 unspecified atom stereocenters. The molecule has 2 aromatic carbocycles. The third-order valence-electron chi connectivity index (χ3n) is 4.06. The highest BCUT2D eigenvalue weighted by Crippen LogP contribution is 2.36. The number of nitrogens with one attached hydrogen (secondary N) is 1. The highest BCUT2D eigenvalue weighted by Gasteiger charge is 2.16. The molecule has 0 aliphatic carbocycles. The largest absolute Gasteiger partial charge is 0.495 e. The average molecular weight is 387 g/mol. The van der Waals surface area contributed by atoms with Gasteiger partial charge in [-0.3, -0.25) is 4.79 Å². The Labute approximate surface area is 161 Å². The molecule has 1 aromatic heterocycles. The van der Waals surface area contributed by atoms with Gasteiger partial charge in [0.1, 0.15) is 11.5 Å². The monoisotopic (exact) mass is 386 g/mol. The fraction of sp³-hybridized carbons (Fsp3) is 0.211. The van der Waals surface area contributed by atoms with Gasteiger partial charge in [-0.2, -0.15) is 0 Å². The van der Waals surface area contributed by atoms with Crippen LogP contribution >= 0.6 is 11.6 Å². The number of nitrogens with zero attached hydrogens (tertiary/aromatic N) is 3. The molecule has 0 aliphatic heterocycles. The van der Waals surface area contributed by atoms with Gasteiger partial charge in [0, 0.05) is 12.1 Å². The van der Waals surface area contributed by atoms with Crippen LogP contribution < -0.4 is 14.8 Å². The summed E-state index contributed by atoms with van der Waals surface area (Å²) in [6.45, 7) is 2.09. The minimum absolute atomic E-state index is 0.172. The molecule has 140 valence electrons. The van der Waals surface area contributed by atoms with Gasteiger partial charge in [-0.1, -0.05) is 35.9 Å². The van der Waals surface area contributed by atoms with E-state index in [2.05, 4.69) is 22.6 Å². The van der Waals surface area contributed by atoms with Crippen LogP contribution in [0.4, 0.5) is 5.69 Å². The van der Waals surface area contributed by atoms with Crippen molar-refractivity contribution in [1.29, 1.82) is 0 Å². The lowest BCUT2D eigenvalue weighted by Crippen LogP contribution is -2.13. The Morgan fingerprint density at radius 3 is 2.48 bits per heavy atom. The number of aryl methyl sites for hydroxylation is 1. The molecule has 7 nitrogen and oxygen atoms in total. The molecule has 3 rings (SSSR count). The van der Waals surface area contributed by atoms with Crippen LogP contribution in [0.5, 0.6) is 11.5 Å². The summed E-state index contributed by atoms with van der Waals surface area (Å²) >= 11 is 6.08. The molecule has 0 atom stereocenters. The molecule has 8 heteroatoms. The summed E-state index contributed by atoms with van der Waals surface area (Å²) in [6.07, 6.45) is 2.52. The fourth-order valence-corrected chi connectivity index (χ4v) is 2.75. The van der Waals surface area contributed by atoms with Crippen LogP contribution in [-0.2, 0) is 6.42 Å². The van der Waals surface area contributed by atoms with Crippen LogP contribution in [0.25, 0.3) is 5.69 Å². The van der Waals surface area contributed by atoms with Crippen LogP contribution in [0.1, 0.15) is 23.0 Å². The Bertz CT molecular complexity index is 954. The van der Waals surface area contributed by atoms with E-state index in [9.17, 15) is 4.79 Å². The number of benzene rings is 2. The first-order valence-electron chi connectivity index (χ1n) is 8.30. The van der Waals surface area contributed by atoms with Crippen molar-refractivity contribution in [1.82, 2.24) is 15.0 Å². The van der Waals surface area contributed by atoms with Gasteiger partial charge in [0.05, 0.1) is 36.8 Å². The summed E-state index contributed by atoms with van der Waals surface area (Å²) in [5.41, 5.74) is 2.64. The normalized spacial score (nSPS) is 10.5. The molecular formula is C19H19ClN4O3. The van der Waals surface area contributed by atoms with Crippen molar-refractivity contribution in [3.8, 4) is 17.2 Å². The molecule has 1 amide bonds. The zero-order valence-corrected chi connectivity index (χ0v) is 15.9. The highest BCUT2D eigenvalue weighted by molar-refractivity contribution is 6.32. The molecule has 0 bridgehead atoms. The summed E-state index contributed by atoms with van der Waals surface area (Å²) in [5, 5.41) is 11.1. The van der Waals surface area contributed by atoms with Gasteiger partial charge >= 0.3 is 0 Å². The Kier molecular flexibility index (Phi) is 5.61. The summed E-state index contributed by atoms with van der Waals surface area (Å²) in [4.78, 5) is 12.6. The molecule has 3 aromatic rings. The first kappa shape index (κ1) is 18.7. The minimum atomic E-state index is -0.422. The molecule has 0 aliphatic rings. The molecule has 0 fully saturated rings. The smallest absolute Gasteiger partial charge is 0.277 e. The van der Waals surface area contributed by atoms with Crippen LogP contribution in [0, 0.1) is 0 Å². The van der Waals surface area contributed by atoms with E-state index < -0.39 is 5.91 Å². The number of amides is 1. The number of carbonyl (C=O) groups excluding carboxylic acids is 1. The van der Waals surface area contributed by atoms with Gasteiger partial charge in [-0.15, -0.1) is 5.10 Å². The van der Waals surface area contributed by atoms with Crippen molar-refractivity contribution in [3.05, 3.63) is 58.9 Å². The number of hydrogen-bond acceptors (Lipinski definition) is 5. The first-order valence-corrected chi connectivity index (χ1v) is 8.68. The minimum Gasteiger partial charge on any atom is -0.495 e. The van der Waals surface area contributed by atoms with E-state index in [0.717, 1.165) is 12.1 Å². The van der Waals surface area contributed by atoms with Gasteiger partial charge in [0.2, 0.25) is 0 Å². The van der Waals surface area contributed by atoms with E-state index in [1.807, 2.05) is 24.3 Å². The SMILES string of the molecule is CCc1ccc(-n2cc(C(=O)Nc3cc(OC)c(Cl)cc3OC)nn2)cc1. The van der Waals surface area contributed by atoms with E-state index in [4.69, 9.17) is 21.1 Å². The predicted octanol–water partition coefficient (Wildman–Crippen LogP) is 3.75. The average Bonchev–Trinajstić information content (AvgIpc) is 3.19. The topological polar surface area (TPSA) is 78.3 Å². The van der Waals surface area contributed by atoms with Crippen molar-refractivity contribution in [2.75, 3.05) is 19.5 Å². The number of methoxy groups -OCH3 is 2. The number of carbonyl (C=O) groups is 1. The lowest BCUT2D eigenvalue weighted by atomic mass is 10.1. The third-order valence-corrected chi connectivity index (χ3v) is 4.35. The quantitative estimate of drug-likeness (QED) is 0.698. The number of ether oxygens (including phenoxy) is 2. The lowest BCUT2D eigenvalue weighted by molar-refractivity contribution is 0.102. The number of halogens is 1.